The summed E-state index contributed by atoms with van der Waals surface area (Å²) >= 11 is 3.39. The highest BCUT2D eigenvalue weighted by molar-refractivity contribution is 9.10. The molecule has 0 bridgehead atoms. The molecule has 0 heterocycles. The van der Waals surface area contributed by atoms with E-state index in [9.17, 15) is 4.79 Å². The normalized spacial score (nSPS) is 9.55. The molecule has 2 amide bonds. The molecule has 0 aliphatic heterocycles. The average molecular weight is 357 g/mol. The van der Waals surface area contributed by atoms with Gasteiger partial charge in [0.15, 0.2) is 0 Å². The van der Waals surface area contributed by atoms with Crippen LogP contribution in [0.2, 0.25) is 0 Å². The Kier molecular flexibility index (Phi) is 6.05. The highest BCUT2D eigenvalue weighted by Gasteiger charge is 2.07. The van der Waals surface area contributed by atoms with E-state index in [-0.39, 0.29) is 6.03 Å². The number of halogens is 1. The molecule has 4 heteroatoms. The summed E-state index contributed by atoms with van der Waals surface area (Å²) < 4.78 is 1.03. The van der Waals surface area contributed by atoms with Crippen molar-refractivity contribution in [3.05, 3.63) is 70.2 Å². The Balaban J connectivity index is 1.79. The van der Waals surface area contributed by atoms with Gasteiger partial charge in [-0.2, -0.15) is 0 Å². The predicted molar refractivity (Wildman–Crippen MR) is 92.3 cm³/mol. The van der Waals surface area contributed by atoms with Gasteiger partial charge in [0, 0.05) is 23.6 Å². The summed E-state index contributed by atoms with van der Waals surface area (Å²) in [6.45, 7) is 0.892. The molecule has 0 fully saturated rings. The molecule has 2 aromatic rings. The molecule has 0 atom stereocenters. The molecule has 0 aliphatic rings. The fourth-order valence-electron chi connectivity index (χ4n) is 1.86. The van der Waals surface area contributed by atoms with E-state index in [4.69, 9.17) is 0 Å². The number of carbonyl (C=O) groups is 1. The number of nitrogens with zero attached hydrogens (tertiary/aromatic N) is 1. The Morgan fingerprint density at radius 1 is 1.14 bits per heavy atom. The summed E-state index contributed by atoms with van der Waals surface area (Å²) in [5.41, 5.74) is 2.02. The van der Waals surface area contributed by atoms with Crippen molar-refractivity contribution in [2.75, 3.05) is 13.6 Å². The van der Waals surface area contributed by atoms with Crippen LogP contribution in [0.4, 0.5) is 4.79 Å². The van der Waals surface area contributed by atoms with Gasteiger partial charge in [-0.1, -0.05) is 58.1 Å². The molecule has 112 valence electrons. The van der Waals surface area contributed by atoms with Crippen LogP contribution < -0.4 is 5.32 Å². The van der Waals surface area contributed by atoms with Crippen LogP contribution in [-0.2, 0) is 6.54 Å². The summed E-state index contributed by atoms with van der Waals surface area (Å²) in [7, 11) is 1.77. The van der Waals surface area contributed by atoms with E-state index < -0.39 is 0 Å². The Hall–Kier alpha value is -2.25. The van der Waals surface area contributed by atoms with Crippen molar-refractivity contribution in [2.45, 2.75) is 6.54 Å². The molecule has 0 aliphatic carbocycles. The summed E-state index contributed by atoms with van der Waals surface area (Å²) in [5, 5.41) is 2.79. The van der Waals surface area contributed by atoms with Gasteiger partial charge in [-0.25, -0.2) is 4.79 Å². The first-order valence-electron chi connectivity index (χ1n) is 6.92. The van der Waals surface area contributed by atoms with Crippen LogP contribution in [-0.4, -0.2) is 24.5 Å². The summed E-state index contributed by atoms with van der Waals surface area (Å²) in [4.78, 5) is 13.6. The molecule has 0 spiro atoms. The van der Waals surface area contributed by atoms with Crippen molar-refractivity contribution >= 4 is 22.0 Å². The topological polar surface area (TPSA) is 32.3 Å². The zero-order valence-corrected chi connectivity index (χ0v) is 13.9. The van der Waals surface area contributed by atoms with Crippen molar-refractivity contribution in [2.24, 2.45) is 0 Å². The lowest BCUT2D eigenvalue weighted by Gasteiger charge is -2.17. The van der Waals surface area contributed by atoms with Gasteiger partial charge < -0.3 is 10.2 Å². The van der Waals surface area contributed by atoms with E-state index >= 15 is 0 Å². The summed E-state index contributed by atoms with van der Waals surface area (Å²) in [6, 6.07) is 17.5. The minimum atomic E-state index is -0.134. The van der Waals surface area contributed by atoms with Gasteiger partial charge in [0.1, 0.15) is 0 Å². The van der Waals surface area contributed by atoms with E-state index in [0.717, 1.165) is 15.6 Å². The molecule has 2 aromatic carbocycles. The number of hydrogen-bond acceptors (Lipinski definition) is 1. The number of carbonyl (C=O) groups excluding carboxylic acids is 1. The zero-order chi connectivity index (χ0) is 15.8. The highest BCUT2D eigenvalue weighted by atomic mass is 79.9. The summed E-state index contributed by atoms with van der Waals surface area (Å²) in [6.07, 6.45) is 0. The molecule has 0 aromatic heterocycles. The third-order valence-electron chi connectivity index (χ3n) is 3.01. The van der Waals surface area contributed by atoms with Crippen LogP contribution in [0.3, 0.4) is 0 Å². The van der Waals surface area contributed by atoms with Gasteiger partial charge in [-0.05, 0) is 29.8 Å². The molecular formula is C18H17BrN2O. The molecule has 3 nitrogen and oxygen atoms in total. The number of benzene rings is 2. The SMILES string of the molecule is CN(Cc1ccc(Br)cc1)C(=O)NCC#Cc1ccccc1. The van der Waals surface area contributed by atoms with Crippen LogP contribution in [0.5, 0.6) is 0 Å². The minimum Gasteiger partial charge on any atom is -0.327 e. The average Bonchev–Trinajstić information content (AvgIpc) is 2.54. The highest BCUT2D eigenvalue weighted by Crippen LogP contribution is 2.11. The lowest BCUT2D eigenvalue weighted by atomic mass is 10.2. The van der Waals surface area contributed by atoms with Crippen molar-refractivity contribution in [3.63, 3.8) is 0 Å². The van der Waals surface area contributed by atoms with Crippen LogP contribution in [0.1, 0.15) is 11.1 Å². The molecule has 2 rings (SSSR count). The molecule has 0 unspecified atom stereocenters. The van der Waals surface area contributed by atoms with E-state index in [1.807, 2.05) is 54.6 Å². The van der Waals surface area contributed by atoms with Crippen molar-refractivity contribution in [1.82, 2.24) is 10.2 Å². The van der Waals surface area contributed by atoms with Crippen LogP contribution in [0, 0.1) is 11.8 Å². The van der Waals surface area contributed by atoms with Crippen LogP contribution in [0.15, 0.2) is 59.1 Å². The number of hydrogen-bond donors (Lipinski definition) is 1. The standard InChI is InChI=1S/C18H17BrN2O/c1-21(14-16-9-11-17(19)12-10-16)18(22)20-13-5-8-15-6-3-2-4-7-15/h2-4,6-7,9-12H,13-14H2,1H3,(H,20,22). The van der Waals surface area contributed by atoms with Gasteiger partial charge in [-0.15, -0.1) is 0 Å². The van der Waals surface area contributed by atoms with E-state index in [2.05, 4.69) is 33.1 Å². The van der Waals surface area contributed by atoms with Crippen LogP contribution >= 0.6 is 15.9 Å². The Labute approximate surface area is 139 Å². The second-order valence-electron chi connectivity index (χ2n) is 4.81. The Morgan fingerprint density at radius 2 is 1.82 bits per heavy atom. The van der Waals surface area contributed by atoms with Gasteiger partial charge in [0.05, 0.1) is 6.54 Å². The molecule has 0 saturated heterocycles. The molecule has 0 saturated carbocycles. The number of nitrogens with one attached hydrogen (secondary N) is 1. The molecule has 0 radical (unpaired) electrons. The number of amides is 2. The maximum atomic E-state index is 12.0. The number of urea groups is 1. The predicted octanol–water partition coefficient (Wildman–Crippen LogP) is 3.64. The third-order valence-corrected chi connectivity index (χ3v) is 3.54. The Morgan fingerprint density at radius 3 is 2.50 bits per heavy atom. The molecule has 22 heavy (non-hydrogen) atoms. The first-order chi connectivity index (χ1) is 10.6. The number of rotatable bonds is 3. The fourth-order valence-corrected chi connectivity index (χ4v) is 2.12. The maximum Gasteiger partial charge on any atom is 0.318 e. The monoisotopic (exact) mass is 356 g/mol. The van der Waals surface area contributed by atoms with Crippen molar-refractivity contribution in [1.29, 1.82) is 0 Å². The quantitative estimate of drug-likeness (QED) is 0.836. The van der Waals surface area contributed by atoms with Gasteiger partial charge >= 0.3 is 6.03 Å². The van der Waals surface area contributed by atoms with E-state index in [1.54, 1.807) is 11.9 Å². The van der Waals surface area contributed by atoms with Crippen molar-refractivity contribution in [3.8, 4) is 11.8 Å². The molecular weight excluding hydrogens is 340 g/mol. The maximum absolute atomic E-state index is 12.0. The summed E-state index contributed by atoms with van der Waals surface area (Å²) in [5.74, 6) is 5.95. The molecule has 1 N–H and O–H groups in total. The first-order valence-corrected chi connectivity index (χ1v) is 7.72. The smallest absolute Gasteiger partial charge is 0.318 e. The Bertz CT molecular complexity index is 672. The largest absolute Gasteiger partial charge is 0.327 e. The van der Waals surface area contributed by atoms with Crippen molar-refractivity contribution < 1.29 is 4.79 Å². The third kappa shape index (κ3) is 5.27. The lowest BCUT2D eigenvalue weighted by molar-refractivity contribution is 0.208. The van der Waals surface area contributed by atoms with Gasteiger partial charge in [-0.3, -0.25) is 0 Å². The van der Waals surface area contributed by atoms with Crippen LogP contribution in [0.25, 0.3) is 0 Å². The van der Waals surface area contributed by atoms with Gasteiger partial charge in [0.2, 0.25) is 0 Å². The van der Waals surface area contributed by atoms with E-state index in [1.165, 1.54) is 0 Å². The zero-order valence-electron chi connectivity index (χ0n) is 12.3. The second kappa shape index (κ2) is 8.26. The van der Waals surface area contributed by atoms with E-state index in [0.29, 0.717) is 13.1 Å². The lowest BCUT2D eigenvalue weighted by Crippen LogP contribution is -2.36. The van der Waals surface area contributed by atoms with Gasteiger partial charge in [0.25, 0.3) is 0 Å². The minimum absolute atomic E-state index is 0.134. The first kappa shape index (κ1) is 16.1. The fraction of sp³-hybridized carbons (Fsp3) is 0.167. The second-order valence-corrected chi connectivity index (χ2v) is 5.72.